The van der Waals surface area contributed by atoms with Crippen molar-refractivity contribution in [1.29, 1.82) is 0 Å². The number of para-hydroxylation sites is 1. The number of H-pyrrole nitrogens is 1. The largest absolute Gasteiger partial charge is 0.325 e. The summed E-state index contributed by atoms with van der Waals surface area (Å²) in [5.41, 5.74) is 1.11. The number of aromatic nitrogens is 3. The molecule has 0 bridgehead atoms. The number of benzene rings is 2. The van der Waals surface area contributed by atoms with Crippen LogP contribution in [0.1, 0.15) is 21.1 Å². The summed E-state index contributed by atoms with van der Waals surface area (Å²) in [5.74, 6) is -0.451. The highest BCUT2D eigenvalue weighted by molar-refractivity contribution is 7.99. The van der Waals surface area contributed by atoms with E-state index in [0.29, 0.717) is 27.9 Å². The lowest BCUT2D eigenvalue weighted by Gasteiger charge is -2.11. The summed E-state index contributed by atoms with van der Waals surface area (Å²) in [6.07, 6.45) is 3.75. The summed E-state index contributed by atoms with van der Waals surface area (Å²) >= 11 is 2.79. The Morgan fingerprint density at radius 2 is 1.85 bits per heavy atom. The molecule has 3 N–H and O–H groups in total. The summed E-state index contributed by atoms with van der Waals surface area (Å²) in [6.45, 7) is 0. The molecule has 0 aliphatic heterocycles. The summed E-state index contributed by atoms with van der Waals surface area (Å²) < 4.78 is 13.1. The van der Waals surface area contributed by atoms with Crippen molar-refractivity contribution in [2.24, 2.45) is 0 Å². The lowest BCUT2D eigenvalue weighted by Crippen LogP contribution is -2.19. The van der Waals surface area contributed by atoms with E-state index in [-0.39, 0.29) is 11.7 Å². The zero-order valence-corrected chi connectivity index (χ0v) is 18.8. The highest BCUT2D eigenvalue weighted by Crippen LogP contribution is 2.20. The fourth-order valence-electron chi connectivity index (χ4n) is 2.78. The number of hydrogen-bond acceptors (Lipinski definition) is 6. The van der Waals surface area contributed by atoms with Gasteiger partial charge in [-0.1, -0.05) is 30.0 Å². The molecule has 4 aromatic rings. The first-order valence-corrected chi connectivity index (χ1v) is 11.7. The third-order valence-corrected chi connectivity index (χ3v) is 6.00. The number of rotatable bonds is 8. The third-order valence-electron chi connectivity index (χ3n) is 4.31. The highest BCUT2D eigenvalue weighted by atomic mass is 32.2. The van der Waals surface area contributed by atoms with Gasteiger partial charge in [-0.3, -0.25) is 14.7 Å². The van der Waals surface area contributed by atoms with Crippen LogP contribution in [0.3, 0.4) is 0 Å². The average molecular weight is 480 g/mol. The van der Waals surface area contributed by atoms with Crippen LogP contribution in [0, 0.1) is 5.82 Å². The lowest BCUT2D eigenvalue weighted by atomic mass is 10.1. The quantitative estimate of drug-likeness (QED) is 0.303. The predicted molar refractivity (Wildman–Crippen MR) is 130 cm³/mol. The molecule has 2 amide bonds. The Hall–Kier alpha value is -3.76. The van der Waals surface area contributed by atoms with Gasteiger partial charge in [0.15, 0.2) is 0 Å². The van der Waals surface area contributed by atoms with Crippen molar-refractivity contribution < 1.29 is 14.0 Å². The van der Waals surface area contributed by atoms with Crippen molar-refractivity contribution >= 4 is 58.4 Å². The zero-order valence-electron chi connectivity index (χ0n) is 17.1. The molecule has 0 saturated carbocycles. The summed E-state index contributed by atoms with van der Waals surface area (Å²) in [6, 6.07) is 16.1. The van der Waals surface area contributed by atoms with Crippen molar-refractivity contribution in [3.05, 3.63) is 88.1 Å². The fraction of sp³-hybridized carbons (Fsp3) is 0.0435. The van der Waals surface area contributed by atoms with E-state index in [0.717, 1.165) is 4.88 Å². The monoisotopic (exact) mass is 479 g/mol. The summed E-state index contributed by atoms with van der Waals surface area (Å²) in [4.78, 5) is 30.5. The maximum Gasteiger partial charge on any atom is 0.257 e. The minimum atomic E-state index is -0.415. The van der Waals surface area contributed by atoms with Gasteiger partial charge in [0.1, 0.15) is 11.6 Å². The predicted octanol–water partition coefficient (Wildman–Crippen LogP) is 5.16. The van der Waals surface area contributed by atoms with Crippen LogP contribution in [0.25, 0.3) is 12.2 Å². The SMILES string of the molecule is O=C(CSc1n[nH]c(/C=C/c2cccs2)n1)Nc1ccccc1C(=O)Nc1ccc(F)cc1. The molecule has 0 aliphatic carbocycles. The smallest absolute Gasteiger partial charge is 0.257 e. The first kappa shape index (κ1) is 22.4. The fourth-order valence-corrected chi connectivity index (χ4v) is 4.01. The van der Waals surface area contributed by atoms with Crippen molar-refractivity contribution in [2.45, 2.75) is 5.16 Å². The van der Waals surface area contributed by atoms with E-state index in [1.165, 1.54) is 36.0 Å². The molecule has 33 heavy (non-hydrogen) atoms. The number of thiophene rings is 1. The number of aromatic amines is 1. The van der Waals surface area contributed by atoms with Gasteiger partial charge in [0.05, 0.1) is 17.0 Å². The number of hydrogen-bond donors (Lipinski definition) is 3. The molecule has 2 aromatic heterocycles. The van der Waals surface area contributed by atoms with Crippen LogP contribution in [-0.2, 0) is 4.79 Å². The van der Waals surface area contributed by atoms with E-state index in [4.69, 9.17) is 0 Å². The molecule has 2 heterocycles. The molecular weight excluding hydrogens is 461 g/mol. The Bertz CT molecular complexity index is 1270. The maximum absolute atomic E-state index is 13.1. The second kappa shape index (κ2) is 10.7. The normalized spacial score (nSPS) is 10.9. The Labute approximate surface area is 197 Å². The Morgan fingerprint density at radius 3 is 2.64 bits per heavy atom. The standard InChI is InChI=1S/C23H18FN5O2S2/c24-15-7-9-16(10-8-15)25-22(31)18-5-1-2-6-19(18)26-21(30)14-33-23-27-20(28-29-23)12-11-17-4-3-13-32-17/h1-13H,14H2,(H,25,31)(H,26,30)(H,27,28,29)/b12-11+. The molecule has 7 nitrogen and oxygen atoms in total. The number of amides is 2. The van der Waals surface area contributed by atoms with Gasteiger partial charge in [0, 0.05) is 10.6 Å². The molecule has 4 rings (SSSR count). The van der Waals surface area contributed by atoms with Crippen LogP contribution in [0.2, 0.25) is 0 Å². The first-order valence-electron chi connectivity index (χ1n) is 9.79. The van der Waals surface area contributed by atoms with Crippen LogP contribution >= 0.6 is 23.1 Å². The second-order valence-corrected chi connectivity index (χ2v) is 8.62. The number of carbonyl (C=O) groups is 2. The van der Waals surface area contributed by atoms with Gasteiger partial charge in [-0.15, -0.1) is 16.4 Å². The number of carbonyl (C=O) groups excluding carboxylic acids is 2. The number of nitrogens with zero attached hydrogens (tertiary/aromatic N) is 2. The zero-order chi connectivity index (χ0) is 23.0. The van der Waals surface area contributed by atoms with Crippen molar-refractivity contribution in [3.63, 3.8) is 0 Å². The molecule has 0 unspecified atom stereocenters. The van der Waals surface area contributed by atoms with E-state index in [2.05, 4.69) is 25.8 Å². The average Bonchev–Trinajstić information content (AvgIpc) is 3.50. The van der Waals surface area contributed by atoms with Crippen molar-refractivity contribution in [3.8, 4) is 0 Å². The van der Waals surface area contributed by atoms with Crippen molar-refractivity contribution in [2.75, 3.05) is 16.4 Å². The molecule has 0 atom stereocenters. The van der Waals surface area contributed by atoms with Gasteiger partial charge >= 0.3 is 0 Å². The van der Waals surface area contributed by atoms with Crippen LogP contribution < -0.4 is 10.6 Å². The molecule has 0 spiro atoms. The van der Waals surface area contributed by atoms with E-state index >= 15 is 0 Å². The molecule has 166 valence electrons. The van der Waals surface area contributed by atoms with Crippen LogP contribution in [0.4, 0.5) is 15.8 Å². The molecule has 0 saturated heterocycles. The van der Waals surface area contributed by atoms with E-state index in [9.17, 15) is 14.0 Å². The van der Waals surface area contributed by atoms with Crippen LogP contribution in [-0.4, -0.2) is 32.7 Å². The second-order valence-electron chi connectivity index (χ2n) is 6.70. The summed E-state index contributed by atoms with van der Waals surface area (Å²) in [5, 5.41) is 14.8. The van der Waals surface area contributed by atoms with E-state index in [1.807, 2.05) is 29.7 Å². The minimum absolute atomic E-state index is 0.0693. The van der Waals surface area contributed by atoms with Gasteiger partial charge < -0.3 is 10.6 Å². The van der Waals surface area contributed by atoms with Crippen LogP contribution in [0.15, 0.2) is 71.2 Å². The first-order chi connectivity index (χ1) is 16.1. The number of anilines is 2. The van der Waals surface area contributed by atoms with Gasteiger partial charge in [-0.25, -0.2) is 9.37 Å². The Balaban J connectivity index is 1.33. The van der Waals surface area contributed by atoms with Crippen LogP contribution in [0.5, 0.6) is 0 Å². The molecule has 2 aromatic carbocycles. The molecular formula is C23H18FN5O2S2. The lowest BCUT2D eigenvalue weighted by molar-refractivity contribution is -0.113. The minimum Gasteiger partial charge on any atom is -0.325 e. The number of halogens is 1. The molecule has 10 heteroatoms. The van der Waals surface area contributed by atoms with Gasteiger partial charge in [0.2, 0.25) is 11.1 Å². The molecule has 0 aliphatic rings. The Kier molecular flexibility index (Phi) is 7.28. The van der Waals surface area contributed by atoms with Crippen molar-refractivity contribution in [1.82, 2.24) is 15.2 Å². The maximum atomic E-state index is 13.1. The summed E-state index contributed by atoms with van der Waals surface area (Å²) in [7, 11) is 0. The van der Waals surface area contributed by atoms with Gasteiger partial charge in [0.25, 0.3) is 5.91 Å². The molecule has 0 radical (unpaired) electrons. The number of thioether (sulfide) groups is 1. The highest BCUT2D eigenvalue weighted by Gasteiger charge is 2.14. The van der Waals surface area contributed by atoms with E-state index in [1.54, 1.807) is 35.6 Å². The van der Waals surface area contributed by atoms with Gasteiger partial charge in [-0.2, -0.15) is 0 Å². The van der Waals surface area contributed by atoms with E-state index < -0.39 is 11.7 Å². The molecule has 0 fully saturated rings. The van der Waals surface area contributed by atoms with Gasteiger partial charge in [-0.05, 0) is 60.0 Å². The number of nitrogens with one attached hydrogen (secondary N) is 3. The third kappa shape index (κ3) is 6.37. The topological polar surface area (TPSA) is 99.8 Å². The Morgan fingerprint density at radius 1 is 1.03 bits per heavy atom.